The molecule has 1 aromatic rings. The van der Waals surface area contributed by atoms with E-state index in [4.69, 9.17) is 9.47 Å². The molecule has 2 fully saturated rings. The summed E-state index contributed by atoms with van der Waals surface area (Å²) in [5.41, 5.74) is 3.21. The largest absolute Gasteiger partial charge is 0.462 e. The number of carbonyl (C=O) groups excluding carboxylic acids is 2. The molecule has 0 bridgehead atoms. The molecular formula is C26H41N3O4. The highest BCUT2D eigenvalue weighted by Crippen LogP contribution is 2.26. The van der Waals surface area contributed by atoms with E-state index in [1.54, 1.807) is 19.1 Å². The molecule has 7 heteroatoms. The predicted molar refractivity (Wildman–Crippen MR) is 130 cm³/mol. The second-order valence-electron chi connectivity index (χ2n) is 9.50. The van der Waals surface area contributed by atoms with E-state index in [0.29, 0.717) is 18.1 Å². The Morgan fingerprint density at radius 2 is 1.70 bits per heavy atom. The lowest BCUT2D eigenvalue weighted by atomic mass is 9.95. The quantitative estimate of drug-likeness (QED) is 0.460. The normalized spacial score (nSPS) is 22.8. The van der Waals surface area contributed by atoms with E-state index in [1.807, 2.05) is 18.7 Å². The van der Waals surface area contributed by atoms with Gasteiger partial charge in [0.25, 0.3) is 0 Å². The van der Waals surface area contributed by atoms with Crippen LogP contribution >= 0.6 is 0 Å². The first-order chi connectivity index (χ1) is 15.7. The maximum absolute atomic E-state index is 12.9. The molecule has 0 aromatic carbocycles. The summed E-state index contributed by atoms with van der Waals surface area (Å²) in [6, 6.07) is 0. The van der Waals surface area contributed by atoms with Gasteiger partial charge in [0.15, 0.2) is 0 Å². The highest BCUT2D eigenvalue weighted by Gasteiger charge is 2.28. The Balaban J connectivity index is 1.61. The number of nitrogens with zero attached hydrogens (tertiary/aromatic N) is 3. The van der Waals surface area contributed by atoms with Crippen molar-refractivity contribution >= 4 is 18.0 Å². The Labute approximate surface area is 198 Å². The van der Waals surface area contributed by atoms with E-state index >= 15 is 0 Å². The molecule has 2 saturated heterocycles. The Morgan fingerprint density at radius 1 is 1.06 bits per heavy atom. The standard InChI is InChI=1S/C26H41N3O4/c1-7-29-20(5)23(25(21(29)6)26(31)32-8-2)9-10-24(30)28-13-11-22(12-14-28)17-27-15-18(3)33-19(4)16-27/h9-10,18-19,22H,7-8,11-17H2,1-6H3/b10-9+. The fourth-order valence-corrected chi connectivity index (χ4v) is 5.44. The van der Waals surface area contributed by atoms with Crippen LogP contribution in [0.2, 0.25) is 0 Å². The van der Waals surface area contributed by atoms with Gasteiger partial charge in [0.05, 0.1) is 24.4 Å². The molecule has 2 aliphatic heterocycles. The van der Waals surface area contributed by atoms with E-state index in [1.165, 1.54) is 0 Å². The summed E-state index contributed by atoms with van der Waals surface area (Å²) in [6.45, 7) is 17.8. The van der Waals surface area contributed by atoms with Gasteiger partial charge < -0.3 is 18.9 Å². The molecule has 2 unspecified atom stereocenters. The van der Waals surface area contributed by atoms with Gasteiger partial charge in [0.2, 0.25) is 5.91 Å². The van der Waals surface area contributed by atoms with Crippen LogP contribution in [0, 0.1) is 19.8 Å². The molecule has 2 atom stereocenters. The van der Waals surface area contributed by atoms with Crippen LogP contribution in [0.3, 0.4) is 0 Å². The van der Waals surface area contributed by atoms with Gasteiger partial charge >= 0.3 is 5.97 Å². The molecular weight excluding hydrogens is 418 g/mol. The summed E-state index contributed by atoms with van der Waals surface area (Å²) in [5, 5.41) is 0. The van der Waals surface area contributed by atoms with Crippen LogP contribution in [0.25, 0.3) is 6.08 Å². The van der Waals surface area contributed by atoms with Crippen LogP contribution in [0.4, 0.5) is 0 Å². The Morgan fingerprint density at radius 3 is 2.27 bits per heavy atom. The molecule has 0 aliphatic carbocycles. The molecule has 3 heterocycles. The molecule has 184 valence electrons. The first-order valence-corrected chi connectivity index (χ1v) is 12.5. The molecule has 2 aliphatic rings. The number of morpholine rings is 1. The van der Waals surface area contributed by atoms with Gasteiger partial charge in [-0.15, -0.1) is 0 Å². The van der Waals surface area contributed by atoms with Crippen molar-refractivity contribution in [1.29, 1.82) is 0 Å². The summed E-state index contributed by atoms with van der Waals surface area (Å²) in [6.07, 6.45) is 6.04. The van der Waals surface area contributed by atoms with Gasteiger partial charge in [-0.2, -0.15) is 0 Å². The predicted octanol–water partition coefficient (Wildman–Crippen LogP) is 3.66. The summed E-state index contributed by atoms with van der Waals surface area (Å²) in [5.74, 6) is 0.303. The van der Waals surface area contributed by atoms with Crippen molar-refractivity contribution in [2.45, 2.75) is 73.1 Å². The first kappa shape index (κ1) is 25.5. The minimum atomic E-state index is -0.329. The van der Waals surface area contributed by atoms with Crippen molar-refractivity contribution in [2.75, 3.05) is 39.3 Å². The molecule has 0 saturated carbocycles. The summed E-state index contributed by atoms with van der Waals surface area (Å²) >= 11 is 0. The number of aromatic nitrogens is 1. The van der Waals surface area contributed by atoms with Crippen LogP contribution in [-0.2, 0) is 20.8 Å². The van der Waals surface area contributed by atoms with Gasteiger partial charge in [-0.25, -0.2) is 4.79 Å². The van der Waals surface area contributed by atoms with E-state index in [-0.39, 0.29) is 24.1 Å². The maximum Gasteiger partial charge on any atom is 0.340 e. The van der Waals surface area contributed by atoms with Crippen molar-refractivity contribution in [3.05, 3.63) is 28.6 Å². The van der Waals surface area contributed by atoms with Crippen LogP contribution in [0.5, 0.6) is 0 Å². The number of piperidine rings is 1. The second-order valence-corrected chi connectivity index (χ2v) is 9.50. The molecule has 0 spiro atoms. The number of likely N-dealkylation sites (tertiary alicyclic amines) is 1. The molecule has 0 radical (unpaired) electrons. The minimum absolute atomic E-state index is 0.0122. The van der Waals surface area contributed by atoms with Crippen molar-refractivity contribution in [1.82, 2.24) is 14.4 Å². The third-order valence-electron chi connectivity index (χ3n) is 6.96. The third kappa shape index (κ3) is 6.07. The average molecular weight is 460 g/mol. The van der Waals surface area contributed by atoms with Crippen LogP contribution in [-0.4, -0.2) is 77.8 Å². The van der Waals surface area contributed by atoms with Crippen LogP contribution in [0.1, 0.15) is 67.8 Å². The van der Waals surface area contributed by atoms with Gasteiger partial charge in [-0.05, 0) is 66.4 Å². The SMILES string of the molecule is CCOC(=O)c1c(/C=C/C(=O)N2CCC(CN3CC(C)OC(C)C3)CC2)c(C)n(CC)c1C. The molecule has 0 N–H and O–H groups in total. The number of amides is 1. The van der Waals surface area contributed by atoms with E-state index in [2.05, 4.69) is 30.2 Å². The molecule has 3 rings (SSSR count). The second kappa shape index (κ2) is 11.3. The van der Waals surface area contributed by atoms with Crippen molar-refractivity contribution in [3.8, 4) is 0 Å². The number of hydrogen-bond acceptors (Lipinski definition) is 5. The number of esters is 1. The zero-order valence-electron chi connectivity index (χ0n) is 21.2. The van der Waals surface area contributed by atoms with Gasteiger partial charge in [0, 0.05) is 62.3 Å². The fourth-order valence-electron chi connectivity index (χ4n) is 5.44. The first-order valence-electron chi connectivity index (χ1n) is 12.5. The third-order valence-corrected chi connectivity index (χ3v) is 6.96. The number of hydrogen-bond donors (Lipinski definition) is 0. The molecule has 1 aromatic heterocycles. The topological polar surface area (TPSA) is 64.0 Å². The lowest BCUT2D eigenvalue weighted by Crippen LogP contribution is -2.48. The Hall–Kier alpha value is -2.12. The van der Waals surface area contributed by atoms with Gasteiger partial charge in [-0.1, -0.05) is 0 Å². The van der Waals surface area contributed by atoms with Crippen LogP contribution in [0.15, 0.2) is 6.08 Å². The zero-order chi connectivity index (χ0) is 24.1. The zero-order valence-corrected chi connectivity index (χ0v) is 21.2. The smallest absolute Gasteiger partial charge is 0.340 e. The van der Waals surface area contributed by atoms with E-state index in [9.17, 15) is 9.59 Å². The number of ether oxygens (including phenoxy) is 2. The highest BCUT2D eigenvalue weighted by molar-refractivity contribution is 5.98. The average Bonchev–Trinajstić information content (AvgIpc) is 3.00. The fraction of sp³-hybridized carbons (Fsp3) is 0.692. The van der Waals surface area contributed by atoms with Gasteiger partial charge in [0.1, 0.15) is 0 Å². The molecule has 7 nitrogen and oxygen atoms in total. The van der Waals surface area contributed by atoms with Crippen LogP contribution < -0.4 is 0 Å². The Bertz CT molecular complexity index is 857. The summed E-state index contributed by atoms with van der Waals surface area (Å²) in [7, 11) is 0. The van der Waals surface area contributed by atoms with Gasteiger partial charge in [-0.3, -0.25) is 9.69 Å². The lowest BCUT2D eigenvalue weighted by molar-refractivity contribution is -0.127. The Kier molecular flexibility index (Phi) is 8.76. The molecule has 33 heavy (non-hydrogen) atoms. The van der Waals surface area contributed by atoms with Crippen molar-refractivity contribution < 1.29 is 19.1 Å². The number of carbonyl (C=O) groups is 2. The lowest BCUT2D eigenvalue weighted by Gasteiger charge is -2.39. The highest BCUT2D eigenvalue weighted by atomic mass is 16.5. The number of rotatable bonds is 7. The minimum Gasteiger partial charge on any atom is -0.462 e. The summed E-state index contributed by atoms with van der Waals surface area (Å²) in [4.78, 5) is 29.9. The maximum atomic E-state index is 12.9. The van der Waals surface area contributed by atoms with Crippen molar-refractivity contribution in [2.24, 2.45) is 5.92 Å². The van der Waals surface area contributed by atoms with Crippen molar-refractivity contribution in [3.63, 3.8) is 0 Å². The monoisotopic (exact) mass is 459 g/mol. The summed E-state index contributed by atoms with van der Waals surface area (Å²) < 4.78 is 13.2. The van der Waals surface area contributed by atoms with E-state index in [0.717, 1.165) is 69.1 Å². The van der Waals surface area contributed by atoms with E-state index < -0.39 is 0 Å². The molecule has 1 amide bonds.